The number of nitrogens with two attached hydrogens (primary N) is 1. The Balaban J connectivity index is 0.000000581. The van der Waals surface area contributed by atoms with Gasteiger partial charge in [0.15, 0.2) is 0 Å². The molecule has 0 aliphatic rings. The lowest BCUT2D eigenvalue weighted by Gasteiger charge is -1.99. The molecule has 2 N–H and O–H groups in total. The zero-order valence-electron chi connectivity index (χ0n) is 10.7. The maximum atomic E-state index is 11.4. The van der Waals surface area contributed by atoms with Crippen molar-refractivity contribution in [2.45, 2.75) is 27.7 Å². The molecule has 0 amide bonds. The number of nitrogen functional groups attached to an aromatic ring is 1. The molecule has 0 spiro atoms. The smallest absolute Gasteiger partial charge is 0.308 e. The van der Waals surface area contributed by atoms with Crippen LogP contribution in [0.5, 0.6) is 0 Å². The number of rotatable bonds is 1. The highest BCUT2D eigenvalue weighted by molar-refractivity contribution is 5.35. The summed E-state index contributed by atoms with van der Waals surface area (Å²) in [5.74, 6) is 0. The molecule has 2 aromatic rings. The van der Waals surface area contributed by atoms with E-state index in [1.54, 1.807) is 12.3 Å². The van der Waals surface area contributed by atoms with Gasteiger partial charge in [-0.15, -0.1) is 0 Å². The quantitative estimate of drug-likeness (QED) is 0.826. The Kier molecular flexibility index (Phi) is 7.17. The lowest BCUT2D eigenvalue weighted by atomic mass is 10.4. The van der Waals surface area contributed by atoms with Gasteiger partial charge < -0.3 is 10.2 Å². The predicted molar refractivity (Wildman–Crippen MR) is 69.2 cm³/mol. The summed E-state index contributed by atoms with van der Waals surface area (Å²) < 4.78 is 6.20. The number of pyridine rings is 1. The molecule has 0 fully saturated rings. The molecule has 2 aromatic heterocycles. The number of oxazole rings is 1. The Morgan fingerprint density at radius 1 is 1.29 bits per heavy atom. The van der Waals surface area contributed by atoms with Gasteiger partial charge in [-0.1, -0.05) is 27.7 Å². The molecule has 2 rings (SSSR count). The lowest BCUT2D eigenvalue weighted by molar-refractivity contribution is 0.522. The summed E-state index contributed by atoms with van der Waals surface area (Å²) in [6.45, 7) is 8.00. The third-order valence-electron chi connectivity index (χ3n) is 1.60. The van der Waals surface area contributed by atoms with Crippen LogP contribution in [0.4, 0.5) is 5.69 Å². The Labute approximate surface area is 101 Å². The summed E-state index contributed by atoms with van der Waals surface area (Å²) in [6, 6.07) is 3.40. The monoisotopic (exact) mass is 237 g/mol. The largest absolute Gasteiger partial charge is 0.432 e. The standard InChI is InChI=1S/C8H7N3O2.2C2H6/c9-6-2-1-4-11(7(6)12)8-10-3-5-13-8;2*1-2/h1-5H,9H2;2*1-2H3. The number of anilines is 1. The molecule has 0 saturated heterocycles. The van der Waals surface area contributed by atoms with Crippen LogP contribution >= 0.6 is 0 Å². The summed E-state index contributed by atoms with van der Waals surface area (Å²) in [5.41, 5.74) is 5.26. The molecule has 0 aliphatic heterocycles. The van der Waals surface area contributed by atoms with Crippen molar-refractivity contribution in [3.8, 4) is 6.01 Å². The van der Waals surface area contributed by atoms with Crippen molar-refractivity contribution in [2.75, 3.05) is 5.73 Å². The lowest BCUT2D eigenvalue weighted by Crippen LogP contribution is -2.20. The van der Waals surface area contributed by atoms with Gasteiger partial charge in [0, 0.05) is 6.20 Å². The Morgan fingerprint density at radius 3 is 2.47 bits per heavy atom. The third-order valence-corrected chi connectivity index (χ3v) is 1.60. The van der Waals surface area contributed by atoms with E-state index in [1.165, 1.54) is 23.1 Å². The minimum absolute atomic E-state index is 0.167. The maximum absolute atomic E-state index is 11.4. The van der Waals surface area contributed by atoms with Crippen LogP contribution in [-0.4, -0.2) is 9.55 Å². The van der Waals surface area contributed by atoms with Gasteiger partial charge in [-0.2, -0.15) is 0 Å². The molecule has 2 heterocycles. The molecule has 0 atom stereocenters. The number of hydrogen-bond donors (Lipinski definition) is 1. The second-order valence-electron chi connectivity index (χ2n) is 2.45. The van der Waals surface area contributed by atoms with Crippen LogP contribution in [-0.2, 0) is 0 Å². The van der Waals surface area contributed by atoms with E-state index in [0.717, 1.165) is 0 Å². The summed E-state index contributed by atoms with van der Waals surface area (Å²) in [6.07, 6.45) is 4.40. The van der Waals surface area contributed by atoms with E-state index in [4.69, 9.17) is 10.2 Å². The summed E-state index contributed by atoms with van der Waals surface area (Å²) in [7, 11) is 0. The van der Waals surface area contributed by atoms with Gasteiger partial charge in [0.25, 0.3) is 5.56 Å². The minimum Gasteiger partial charge on any atom is -0.432 e. The van der Waals surface area contributed by atoms with Crippen molar-refractivity contribution in [3.05, 3.63) is 41.1 Å². The normalized spacial score (nSPS) is 8.47. The van der Waals surface area contributed by atoms with Crippen LogP contribution in [0.2, 0.25) is 0 Å². The van der Waals surface area contributed by atoms with Crippen molar-refractivity contribution >= 4 is 5.69 Å². The summed E-state index contributed by atoms with van der Waals surface area (Å²) in [5, 5.41) is 0. The Morgan fingerprint density at radius 2 is 1.94 bits per heavy atom. The van der Waals surface area contributed by atoms with Crippen molar-refractivity contribution in [2.24, 2.45) is 0 Å². The average Bonchev–Trinajstić information content (AvgIpc) is 2.91. The minimum atomic E-state index is -0.329. The van der Waals surface area contributed by atoms with Crippen molar-refractivity contribution < 1.29 is 4.42 Å². The maximum Gasteiger partial charge on any atom is 0.308 e. The molecule has 94 valence electrons. The van der Waals surface area contributed by atoms with Crippen molar-refractivity contribution in [1.82, 2.24) is 9.55 Å². The fourth-order valence-corrected chi connectivity index (χ4v) is 0.996. The number of aromatic nitrogens is 2. The first kappa shape index (κ1) is 15.0. The van der Waals surface area contributed by atoms with Crippen molar-refractivity contribution in [3.63, 3.8) is 0 Å². The van der Waals surface area contributed by atoms with E-state index in [0.29, 0.717) is 0 Å². The van der Waals surface area contributed by atoms with E-state index in [2.05, 4.69) is 4.98 Å². The third kappa shape index (κ3) is 3.79. The first-order chi connectivity index (χ1) is 8.29. The molecule has 5 heteroatoms. The molecule has 0 bridgehead atoms. The van der Waals surface area contributed by atoms with Gasteiger partial charge in [0.05, 0.1) is 11.9 Å². The topological polar surface area (TPSA) is 74.1 Å². The van der Waals surface area contributed by atoms with Crippen molar-refractivity contribution in [1.29, 1.82) is 0 Å². The van der Waals surface area contributed by atoms with E-state index in [9.17, 15) is 4.79 Å². The predicted octanol–water partition coefficient (Wildman–Crippen LogP) is 2.46. The van der Waals surface area contributed by atoms with Crippen LogP contribution in [0.3, 0.4) is 0 Å². The highest BCUT2D eigenvalue weighted by Crippen LogP contribution is 2.01. The molecule has 17 heavy (non-hydrogen) atoms. The first-order valence-electron chi connectivity index (χ1n) is 5.66. The fourth-order valence-electron chi connectivity index (χ4n) is 0.996. The molecule has 0 aliphatic carbocycles. The van der Waals surface area contributed by atoms with Crippen LogP contribution < -0.4 is 11.3 Å². The van der Waals surface area contributed by atoms with Crippen LogP contribution in [0.25, 0.3) is 6.01 Å². The van der Waals surface area contributed by atoms with Gasteiger partial charge in [0.1, 0.15) is 6.26 Å². The number of hydrogen-bond acceptors (Lipinski definition) is 4. The molecular formula is C12H19N3O2. The summed E-state index contributed by atoms with van der Waals surface area (Å²) in [4.78, 5) is 15.2. The molecule has 5 nitrogen and oxygen atoms in total. The highest BCUT2D eigenvalue weighted by atomic mass is 16.4. The van der Waals surface area contributed by atoms with Gasteiger partial charge in [-0.25, -0.2) is 9.55 Å². The van der Waals surface area contributed by atoms with E-state index in [1.807, 2.05) is 27.7 Å². The molecular weight excluding hydrogens is 218 g/mol. The first-order valence-corrected chi connectivity index (χ1v) is 5.66. The van der Waals surface area contributed by atoms with E-state index >= 15 is 0 Å². The SMILES string of the molecule is CC.CC.Nc1cccn(-c2ncco2)c1=O. The van der Waals surface area contributed by atoms with Crippen LogP contribution in [0.15, 0.2) is 40.0 Å². The zero-order valence-corrected chi connectivity index (χ0v) is 10.7. The molecule has 0 radical (unpaired) electrons. The number of nitrogens with zero attached hydrogens (tertiary/aromatic N) is 2. The fraction of sp³-hybridized carbons (Fsp3) is 0.333. The second kappa shape index (κ2) is 8.15. The van der Waals surface area contributed by atoms with E-state index < -0.39 is 0 Å². The van der Waals surface area contributed by atoms with Crippen LogP contribution in [0, 0.1) is 0 Å². The van der Waals surface area contributed by atoms with Gasteiger partial charge in [-0.3, -0.25) is 4.79 Å². The molecule has 0 unspecified atom stereocenters. The molecule has 0 saturated carbocycles. The average molecular weight is 237 g/mol. The van der Waals surface area contributed by atoms with Gasteiger partial charge >= 0.3 is 6.01 Å². The molecule has 0 aromatic carbocycles. The highest BCUT2D eigenvalue weighted by Gasteiger charge is 2.04. The Bertz CT molecular complexity index is 461. The van der Waals surface area contributed by atoms with Crippen LogP contribution in [0.1, 0.15) is 27.7 Å². The Hall–Kier alpha value is -2.04. The van der Waals surface area contributed by atoms with Gasteiger partial charge in [0.2, 0.25) is 0 Å². The zero-order chi connectivity index (χ0) is 13.3. The second-order valence-corrected chi connectivity index (χ2v) is 2.45. The summed E-state index contributed by atoms with van der Waals surface area (Å²) >= 11 is 0. The van der Waals surface area contributed by atoms with E-state index in [-0.39, 0.29) is 17.3 Å². The van der Waals surface area contributed by atoms with Gasteiger partial charge in [-0.05, 0) is 12.1 Å².